The zero-order valence-corrected chi connectivity index (χ0v) is 11.7. The van der Waals surface area contributed by atoms with Gasteiger partial charge >= 0.3 is 5.97 Å². The average Bonchev–Trinajstić information content (AvgIpc) is 2.27. The molecule has 2 bridgehead atoms. The van der Waals surface area contributed by atoms with Gasteiger partial charge < -0.3 is 20.6 Å². The number of carbonyl (C=O) groups is 1. The molecular weight excluding hydrogens is 242 g/mol. The van der Waals surface area contributed by atoms with Crippen LogP contribution in [0, 0.1) is 0 Å². The minimum absolute atomic E-state index is 0.194. The van der Waals surface area contributed by atoms with Gasteiger partial charge in [0.25, 0.3) is 0 Å². The van der Waals surface area contributed by atoms with Crippen molar-refractivity contribution in [1.82, 2.24) is 15.5 Å². The molecule has 3 rings (SSSR count). The van der Waals surface area contributed by atoms with E-state index >= 15 is 0 Å². The maximum atomic E-state index is 11.0. The highest BCUT2D eigenvalue weighted by Gasteiger charge is 2.43. The Hall–Kier alpha value is -0.650. The van der Waals surface area contributed by atoms with E-state index in [-0.39, 0.29) is 12.0 Å². The third-order valence-electron chi connectivity index (χ3n) is 5.27. The Morgan fingerprint density at radius 1 is 1.37 bits per heavy atom. The lowest BCUT2D eigenvalue weighted by Crippen LogP contribution is -2.71. The molecule has 2 atom stereocenters. The maximum Gasteiger partial charge on any atom is 0.305 e. The fourth-order valence-electron chi connectivity index (χ4n) is 4.16. The summed E-state index contributed by atoms with van der Waals surface area (Å²) in [6.45, 7) is 1.59. The second kappa shape index (κ2) is 5.04. The van der Waals surface area contributed by atoms with Gasteiger partial charge in [-0.05, 0) is 32.7 Å². The summed E-state index contributed by atoms with van der Waals surface area (Å²) in [6.07, 6.45) is 6.54. The van der Waals surface area contributed by atoms with Crippen molar-refractivity contribution in [1.29, 1.82) is 0 Å². The monoisotopic (exact) mass is 267 g/mol. The fourth-order valence-corrected chi connectivity index (χ4v) is 4.16. The molecule has 0 aliphatic carbocycles. The minimum atomic E-state index is -0.692. The van der Waals surface area contributed by atoms with Gasteiger partial charge in [-0.15, -0.1) is 0 Å². The van der Waals surface area contributed by atoms with Crippen molar-refractivity contribution in [2.45, 2.75) is 62.2 Å². The van der Waals surface area contributed by atoms with Gasteiger partial charge in [0.05, 0.1) is 12.0 Å². The van der Waals surface area contributed by atoms with Crippen molar-refractivity contribution in [2.75, 3.05) is 20.1 Å². The molecule has 0 radical (unpaired) electrons. The Labute approximate surface area is 114 Å². The Morgan fingerprint density at radius 3 is 2.47 bits per heavy atom. The highest BCUT2D eigenvalue weighted by molar-refractivity contribution is 5.68. The van der Waals surface area contributed by atoms with E-state index in [9.17, 15) is 4.79 Å². The maximum absolute atomic E-state index is 11.0. The van der Waals surface area contributed by atoms with Crippen LogP contribution >= 0.6 is 0 Å². The van der Waals surface area contributed by atoms with E-state index in [4.69, 9.17) is 5.11 Å². The highest BCUT2D eigenvalue weighted by atomic mass is 16.4. The number of fused-ring (bicyclic) bond motifs is 2. The van der Waals surface area contributed by atoms with Gasteiger partial charge in [-0.1, -0.05) is 6.42 Å². The van der Waals surface area contributed by atoms with Crippen molar-refractivity contribution in [3.8, 4) is 0 Å². The van der Waals surface area contributed by atoms with Crippen LogP contribution in [0.2, 0.25) is 0 Å². The van der Waals surface area contributed by atoms with Crippen LogP contribution in [-0.4, -0.2) is 59.8 Å². The molecule has 0 aromatic heterocycles. The van der Waals surface area contributed by atoms with Crippen molar-refractivity contribution in [3.05, 3.63) is 0 Å². The molecule has 5 heteroatoms. The smallest absolute Gasteiger partial charge is 0.305 e. The molecule has 19 heavy (non-hydrogen) atoms. The molecule has 0 aromatic carbocycles. The molecule has 0 amide bonds. The topological polar surface area (TPSA) is 64.6 Å². The lowest BCUT2D eigenvalue weighted by Gasteiger charge is -2.51. The zero-order valence-electron chi connectivity index (χ0n) is 11.7. The average molecular weight is 267 g/mol. The lowest BCUT2D eigenvalue weighted by atomic mass is 9.79. The molecule has 3 heterocycles. The van der Waals surface area contributed by atoms with E-state index in [0.29, 0.717) is 18.1 Å². The number of aliphatic carboxylic acids is 1. The van der Waals surface area contributed by atoms with E-state index in [2.05, 4.69) is 22.6 Å². The van der Waals surface area contributed by atoms with Gasteiger partial charge in [-0.25, -0.2) is 0 Å². The Morgan fingerprint density at radius 2 is 2.00 bits per heavy atom. The van der Waals surface area contributed by atoms with Crippen LogP contribution in [0.4, 0.5) is 0 Å². The summed E-state index contributed by atoms with van der Waals surface area (Å²) in [5.74, 6) is -0.692. The van der Waals surface area contributed by atoms with Crippen LogP contribution in [0.5, 0.6) is 0 Å². The number of piperidine rings is 2. The van der Waals surface area contributed by atoms with E-state index in [1.165, 1.54) is 32.1 Å². The molecule has 3 aliphatic heterocycles. The molecule has 3 saturated heterocycles. The van der Waals surface area contributed by atoms with Gasteiger partial charge in [0.1, 0.15) is 0 Å². The molecular formula is C14H25N3O2. The highest BCUT2D eigenvalue weighted by Crippen LogP contribution is 2.34. The first-order valence-electron chi connectivity index (χ1n) is 7.50. The quantitative estimate of drug-likeness (QED) is 0.688. The molecule has 3 fully saturated rings. The van der Waals surface area contributed by atoms with Crippen molar-refractivity contribution < 1.29 is 9.90 Å². The number of nitrogens with zero attached hydrogens (tertiary/aromatic N) is 1. The third-order valence-corrected chi connectivity index (χ3v) is 5.27. The summed E-state index contributed by atoms with van der Waals surface area (Å²) in [7, 11) is 2.25. The summed E-state index contributed by atoms with van der Waals surface area (Å²) in [4.78, 5) is 13.6. The fraction of sp³-hybridized carbons (Fsp3) is 0.929. The summed E-state index contributed by atoms with van der Waals surface area (Å²) in [5, 5.41) is 16.0. The van der Waals surface area contributed by atoms with Crippen LogP contribution in [0.1, 0.15) is 38.5 Å². The van der Waals surface area contributed by atoms with Gasteiger partial charge in [0.2, 0.25) is 0 Å². The standard InChI is InChI=1S/C14H25N3O2/c1-17-11-3-2-4-12(17)6-10(5-11)16-14(7-13(18)19)8-15-9-14/h10-12,15-16H,2-9H2,1H3,(H,18,19). The van der Waals surface area contributed by atoms with E-state index < -0.39 is 5.97 Å². The number of hydrogen-bond acceptors (Lipinski definition) is 4. The predicted octanol–water partition coefficient (Wildman–Crippen LogP) is 0.408. The molecule has 2 unspecified atom stereocenters. The van der Waals surface area contributed by atoms with Gasteiger partial charge in [-0.3, -0.25) is 4.79 Å². The molecule has 5 nitrogen and oxygen atoms in total. The lowest BCUT2D eigenvalue weighted by molar-refractivity contribution is -0.139. The SMILES string of the molecule is CN1C2CCCC1CC(NC1(CC(=O)O)CNC1)C2. The van der Waals surface area contributed by atoms with Gasteiger partial charge in [-0.2, -0.15) is 0 Å². The summed E-state index contributed by atoms with van der Waals surface area (Å²) < 4.78 is 0. The molecule has 0 saturated carbocycles. The number of nitrogens with one attached hydrogen (secondary N) is 2. The molecule has 108 valence electrons. The first-order valence-corrected chi connectivity index (χ1v) is 7.50. The second-order valence-corrected chi connectivity index (χ2v) is 6.67. The number of carboxylic acid groups (broad SMARTS) is 1. The minimum Gasteiger partial charge on any atom is -0.481 e. The molecule has 3 aliphatic rings. The van der Waals surface area contributed by atoms with Crippen LogP contribution in [0.15, 0.2) is 0 Å². The van der Waals surface area contributed by atoms with Crippen molar-refractivity contribution in [3.63, 3.8) is 0 Å². The Kier molecular flexibility index (Phi) is 3.53. The van der Waals surface area contributed by atoms with Crippen molar-refractivity contribution >= 4 is 5.97 Å². The van der Waals surface area contributed by atoms with Crippen molar-refractivity contribution in [2.24, 2.45) is 0 Å². The number of carboxylic acids is 1. The Bertz CT molecular complexity index is 343. The molecule has 0 spiro atoms. The van der Waals surface area contributed by atoms with Crippen LogP contribution in [0.25, 0.3) is 0 Å². The number of rotatable bonds is 4. The van der Waals surface area contributed by atoms with Gasteiger partial charge in [0, 0.05) is 31.2 Å². The summed E-state index contributed by atoms with van der Waals surface area (Å²) >= 11 is 0. The normalized spacial score (nSPS) is 37.6. The first-order chi connectivity index (χ1) is 9.08. The molecule has 0 aromatic rings. The summed E-state index contributed by atoms with van der Waals surface area (Å²) in [5.41, 5.74) is -0.194. The first kappa shape index (κ1) is 13.3. The predicted molar refractivity (Wildman–Crippen MR) is 73.2 cm³/mol. The van der Waals surface area contributed by atoms with Gasteiger partial charge in [0.15, 0.2) is 0 Å². The van der Waals surface area contributed by atoms with E-state index in [1.54, 1.807) is 0 Å². The summed E-state index contributed by atoms with van der Waals surface area (Å²) in [6, 6.07) is 1.88. The molecule has 3 N–H and O–H groups in total. The van der Waals surface area contributed by atoms with E-state index in [1.807, 2.05) is 0 Å². The Balaban J connectivity index is 1.62. The largest absolute Gasteiger partial charge is 0.481 e. The third kappa shape index (κ3) is 2.64. The number of hydrogen-bond donors (Lipinski definition) is 3. The van der Waals surface area contributed by atoms with Crippen LogP contribution in [0.3, 0.4) is 0 Å². The van der Waals surface area contributed by atoms with Crippen LogP contribution < -0.4 is 10.6 Å². The van der Waals surface area contributed by atoms with Crippen LogP contribution in [-0.2, 0) is 4.79 Å². The van der Waals surface area contributed by atoms with E-state index in [0.717, 1.165) is 13.1 Å². The zero-order chi connectivity index (χ0) is 13.5. The second-order valence-electron chi connectivity index (χ2n) is 6.67.